The van der Waals surface area contributed by atoms with Crippen LogP contribution in [0.15, 0.2) is 23.8 Å². The fraction of sp³-hybridized carbons (Fsp3) is 0.688. The molecule has 0 aliphatic carbocycles. The van der Waals surface area contributed by atoms with E-state index >= 15 is 0 Å². The maximum Gasteiger partial charge on any atom is 0.223 e. The normalized spacial score (nSPS) is 25.9. The molecule has 0 aromatic heterocycles. The molecule has 2 rings (SSSR count). The molecule has 2 aliphatic rings. The summed E-state index contributed by atoms with van der Waals surface area (Å²) < 4.78 is 0. The molecule has 2 fully saturated rings. The number of rotatable bonds is 5. The second-order valence-corrected chi connectivity index (χ2v) is 5.62. The molecule has 0 saturated carbocycles. The van der Waals surface area contributed by atoms with Gasteiger partial charge in [0, 0.05) is 13.0 Å². The summed E-state index contributed by atoms with van der Waals surface area (Å²) in [6.07, 6.45) is 11.5. The summed E-state index contributed by atoms with van der Waals surface area (Å²) in [6.45, 7) is 7.26. The van der Waals surface area contributed by atoms with E-state index in [1.54, 1.807) is 0 Å². The van der Waals surface area contributed by atoms with Gasteiger partial charge in [-0.25, -0.2) is 0 Å². The fourth-order valence-corrected chi connectivity index (χ4v) is 3.05. The zero-order valence-corrected chi connectivity index (χ0v) is 11.6. The van der Waals surface area contributed by atoms with Crippen molar-refractivity contribution in [3.05, 3.63) is 23.8 Å². The number of unbranched alkanes of at least 4 members (excludes halogenated alkanes) is 4. The Balaban J connectivity index is 1.85. The van der Waals surface area contributed by atoms with E-state index in [1.165, 1.54) is 36.8 Å². The van der Waals surface area contributed by atoms with Gasteiger partial charge in [0.15, 0.2) is 0 Å². The van der Waals surface area contributed by atoms with Crippen molar-refractivity contribution in [1.29, 1.82) is 0 Å². The number of hydrogen-bond acceptors (Lipinski definition) is 1. The number of piperidine rings is 1. The molecule has 0 spiro atoms. The molecule has 1 amide bonds. The van der Waals surface area contributed by atoms with Gasteiger partial charge >= 0.3 is 0 Å². The molecule has 0 aromatic carbocycles. The first kappa shape index (κ1) is 13.4. The van der Waals surface area contributed by atoms with E-state index in [0.29, 0.717) is 18.4 Å². The van der Waals surface area contributed by atoms with Crippen LogP contribution in [0.2, 0.25) is 0 Å². The van der Waals surface area contributed by atoms with Gasteiger partial charge in [0.2, 0.25) is 5.91 Å². The fourth-order valence-electron chi connectivity index (χ4n) is 3.05. The van der Waals surface area contributed by atoms with Crippen LogP contribution in [-0.2, 0) is 4.79 Å². The first-order valence-corrected chi connectivity index (χ1v) is 7.37. The van der Waals surface area contributed by atoms with Gasteiger partial charge in [-0.05, 0) is 25.7 Å². The highest BCUT2D eigenvalue weighted by Gasteiger charge is 2.36. The van der Waals surface area contributed by atoms with Crippen molar-refractivity contribution < 1.29 is 4.79 Å². The van der Waals surface area contributed by atoms with Crippen LogP contribution in [0.1, 0.15) is 58.3 Å². The molecule has 1 atom stereocenters. The molecule has 0 radical (unpaired) electrons. The van der Waals surface area contributed by atoms with Crippen LogP contribution in [0.3, 0.4) is 0 Å². The van der Waals surface area contributed by atoms with E-state index in [4.69, 9.17) is 0 Å². The number of nitrogens with zero attached hydrogens (tertiary/aromatic N) is 1. The molecule has 1 unspecified atom stereocenters. The highest BCUT2D eigenvalue weighted by atomic mass is 16.2. The van der Waals surface area contributed by atoms with Gasteiger partial charge in [0.25, 0.3) is 0 Å². The van der Waals surface area contributed by atoms with Crippen LogP contribution < -0.4 is 0 Å². The Bertz CT molecular complexity index is 356. The monoisotopic (exact) mass is 247 g/mol. The van der Waals surface area contributed by atoms with E-state index in [2.05, 4.69) is 19.6 Å². The molecule has 2 heteroatoms. The lowest BCUT2D eigenvalue weighted by Gasteiger charge is -2.33. The van der Waals surface area contributed by atoms with Crippen LogP contribution >= 0.6 is 0 Å². The average Bonchev–Trinajstić information content (AvgIpc) is 2.72. The van der Waals surface area contributed by atoms with Crippen molar-refractivity contribution in [3.8, 4) is 0 Å². The molecule has 2 nitrogen and oxygen atoms in total. The Morgan fingerprint density at radius 1 is 1.39 bits per heavy atom. The van der Waals surface area contributed by atoms with Crippen molar-refractivity contribution in [2.75, 3.05) is 6.54 Å². The first-order chi connectivity index (χ1) is 8.72. The van der Waals surface area contributed by atoms with Crippen molar-refractivity contribution in [2.24, 2.45) is 0 Å². The maximum absolute atomic E-state index is 11.8. The van der Waals surface area contributed by atoms with Crippen molar-refractivity contribution in [1.82, 2.24) is 4.90 Å². The molecule has 2 saturated heterocycles. The Morgan fingerprint density at radius 2 is 2.22 bits per heavy atom. The summed E-state index contributed by atoms with van der Waals surface area (Å²) in [5, 5.41) is 0. The number of carbonyl (C=O) groups excluding carboxylic acids is 1. The zero-order valence-electron chi connectivity index (χ0n) is 11.6. The number of allylic oxidation sites excluding steroid dienone is 1. The standard InChI is InChI=1S/C16H25NO/c1-3-4-5-6-7-8-14-11-13(2)15-9-10-16(18)17(15)12-14/h8,15H,2-7,9-12H2,1H3/b14-8+. The van der Waals surface area contributed by atoms with Crippen LogP contribution in [-0.4, -0.2) is 23.4 Å². The van der Waals surface area contributed by atoms with Gasteiger partial charge in [-0.15, -0.1) is 0 Å². The predicted octanol–water partition coefficient (Wildman–Crippen LogP) is 3.83. The van der Waals surface area contributed by atoms with Crippen LogP contribution in [0.4, 0.5) is 0 Å². The Morgan fingerprint density at radius 3 is 3.00 bits per heavy atom. The van der Waals surface area contributed by atoms with Gasteiger partial charge in [-0.3, -0.25) is 4.79 Å². The highest BCUT2D eigenvalue weighted by molar-refractivity contribution is 5.80. The number of hydrogen-bond donors (Lipinski definition) is 0. The third kappa shape index (κ3) is 3.04. The smallest absolute Gasteiger partial charge is 0.223 e. The van der Waals surface area contributed by atoms with Gasteiger partial charge in [-0.1, -0.05) is 50.0 Å². The van der Waals surface area contributed by atoms with E-state index in [9.17, 15) is 4.79 Å². The summed E-state index contributed by atoms with van der Waals surface area (Å²) in [4.78, 5) is 13.8. The predicted molar refractivity (Wildman–Crippen MR) is 75.3 cm³/mol. The van der Waals surface area contributed by atoms with Gasteiger partial charge in [0.05, 0.1) is 6.04 Å². The lowest BCUT2D eigenvalue weighted by atomic mass is 9.93. The summed E-state index contributed by atoms with van der Waals surface area (Å²) in [6, 6.07) is 0.342. The number of amides is 1. The number of fused-ring (bicyclic) bond motifs is 1. The van der Waals surface area contributed by atoms with Gasteiger partial charge in [-0.2, -0.15) is 0 Å². The number of carbonyl (C=O) groups is 1. The highest BCUT2D eigenvalue weighted by Crippen LogP contribution is 2.33. The Hall–Kier alpha value is -1.05. The average molecular weight is 247 g/mol. The van der Waals surface area contributed by atoms with E-state index in [1.807, 2.05) is 4.90 Å². The lowest BCUT2D eigenvalue weighted by Crippen LogP contribution is -2.39. The van der Waals surface area contributed by atoms with E-state index in [-0.39, 0.29) is 0 Å². The molecule has 0 N–H and O–H groups in total. The van der Waals surface area contributed by atoms with Gasteiger partial charge in [0.1, 0.15) is 0 Å². The SMILES string of the molecule is C=C1C/C(=C\CCCCCC)CN2C(=O)CCC12. The topological polar surface area (TPSA) is 20.3 Å². The summed E-state index contributed by atoms with van der Waals surface area (Å²) >= 11 is 0. The molecule has 100 valence electrons. The third-order valence-corrected chi connectivity index (χ3v) is 4.12. The quantitative estimate of drug-likeness (QED) is 0.534. The van der Waals surface area contributed by atoms with Gasteiger partial charge < -0.3 is 4.90 Å². The largest absolute Gasteiger partial charge is 0.332 e. The summed E-state index contributed by atoms with van der Waals surface area (Å²) in [5.74, 6) is 0.317. The molecular weight excluding hydrogens is 222 g/mol. The molecule has 0 aromatic rings. The van der Waals surface area contributed by atoms with Crippen molar-refractivity contribution in [2.45, 2.75) is 64.3 Å². The molecule has 0 bridgehead atoms. The zero-order chi connectivity index (χ0) is 13.0. The van der Waals surface area contributed by atoms with Crippen LogP contribution in [0.5, 0.6) is 0 Å². The van der Waals surface area contributed by atoms with Crippen molar-refractivity contribution >= 4 is 5.91 Å². The Labute approximate surface area is 111 Å². The summed E-state index contributed by atoms with van der Waals surface area (Å²) in [7, 11) is 0. The van der Waals surface area contributed by atoms with Crippen LogP contribution in [0, 0.1) is 0 Å². The molecule has 2 heterocycles. The first-order valence-electron chi connectivity index (χ1n) is 7.37. The minimum atomic E-state index is 0.317. The Kier molecular flexibility index (Phi) is 4.62. The van der Waals surface area contributed by atoms with E-state index < -0.39 is 0 Å². The van der Waals surface area contributed by atoms with Crippen molar-refractivity contribution in [3.63, 3.8) is 0 Å². The maximum atomic E-state index is 11.8. The minimum Gasteiger partial charge on any atom is -0.332 e. The molecular formula is C16H25NO. The molecule has 2 aliphatic heterocycles. The third-order valence-electron chi connectivity index (χ3n) is 4.12. The molecule has 18 heavy (non-hydrogen) atoms. The minimum absolute atomic E-state index is 0.317. The van der Waals surface area contributed by atoms with E-state index in [0.717, 1.165) is 25.8 Å². The lowest BCUT2D eigenvalue weighted by molar-refractivity contribution is -0.128. The second-order valence-electron chi connectivity index (χ2n) is 5.62. The summed E-state index contributed by atoms with van der Waals surface area (Å²) in [5.41, 5.74) is 2.65. The second kappa shape index (κ2) is 6.21. The van der Waals surface area contributed by atoms with Crippen LogP contribution in [0.25, 0.3) is 0 Å².